The van der Waals surface area contributed by atoms with E-state index in [1.807, 2.05) is 11.3 Å². The van der Waals surface area contributed by atoms with Crippen molar-refractivity contribution < 1.29 is 4.42 Å². The lowest BCUT2D eigenvalue weighted by Crippen LogP contribution is -2.20. The summed E-state index contributed by atoms with van der Waals surface area (Å²) in [6, 6.07) is 68.8. The Hall–Kier alpha value is -6.94. The molecule has 0 bridgehead atoms. The van der Waals surface area contributed by atoms with E-state index in [0.717, 1.165) is 49.8 Å². The number of hydrogen-bond donors (Lipinski definition) is 0. The van der Waals surface area contributed by atoms with Crippen molar-refractivity contribution in [3.8, 4) is 33.4 Å². The average Bonchev–Trinajstić information content (AvgIpc) is 3.93. The van der Waals surface area contributed by atoms with E-state index in [2.05, 4.69) is 207 Å². The summed E-state index contributed by atoms with van der Waals surface area (Å²) in [5, 5.41) is 7.23. The predicted molar refractivity (Wildman–Crippen MR) is 247 cm³/mol. The summed E-state index contributed by atoms with van der Waals surface area (Å²) in [6.45, 7) is 4.75. The first-order chi connectivity index (χ1) is 28.5. The van der Waals surface area contributed by atoms with Gasteiger partial charge < -0.3 is 9.32 Å². The number of hydrogen-bond acceptors (Lipinski definition) is 3. The van der Waals surface area contributed by atoms with Crippen molar-refractivity contribution in [2.75, 3.05) is 4.90 Å². The Morgan fingerprint density at radius 3 is 2.10 bits per heavy atom. The molecule has 0 unspecified atom stereocenters. The second kappa shape index (κ2) is 12.5. The van der Waals surface area contributed by atoms with Gasteiger partial charge in [-0.25, -0.2) is 0 Å². The third kappa shape index (κ3) is 4.84. The Kier molecular flexibility index (Phi) is 7.18. The molecule has 0 aliphatic heterocycles. The molecule has 12 rings (SSSR count). The van der Waals surface area contributed by atoms with Crippen molar-refractivity contribution in [3.05, 3.63) is 199 Å². The first-order valence-corrected chi connectivity index (χ1v) is 20.8. The lowest BCUT2D eigenvalue weighted by atomic mass is 9.81. The number of fused-ring (bicyclic) bond motifs is 11. The minimum absolute atomic E-state index is 0.195. The lowest BCUT2D eigenvalue weighted by Gasteiger charge is -2.32. The van der Waals surface area contributed by atoms with Crippen LogP contribution in [0.3, 0.4) is 0 Å². The van der Waals surface area contributed by atoms with Gasteiger partial charge in [0.15, 0.2) is 0 Å². The summed E-state index contributed by atoms with van der Waals surface area (Å²) in [5.74, 6) is 0. The van der Waals surface area contributed by atoms with Crippen molar-refractivity contribution in [2.45, 2.75) is 19.3 Å². The molecule has 0 saturated carbocycles. The fourth-order valence-corrected chi connectivity index (χ4v) is 11.0. The Balaban J connectivity index is 1.05. The monoisotopic (exact) mass is 759 g/mol. The van der Waals surface area contributed by atoms with Crippen LogP contribution < -0.4 is 4.90 Å². The Morgan fingerprint density at radius 2 is 1.19 bits per heavy atom. The zero-order chi connectivity index (χ0) is 38.5. The normalized spacial score (nSPS) is 13.1. The molecule has 3 heteroatoms. The first kappa shape index (κ1) is 33.2. The minimum Gasteiger partial charge on any atom is -0.455 e. The fourth-order valence-electron chi connectivity index (χ4n) is 9.80. The SMILES string of the molecule is CC1(C)c2ccccc2-c2cccc(N(c3ccc(-c4cccc5c4sc4ccccc45)cc3)c3cccc(-c4cccc5oc6c7ccccc7ccc6c45)c3)c21. The van der Waals surface area contributed by atoms with E-state index >= 15 is 0 Å². The Labute approximate surface area is 340 Å². The van der Waals surface area contributed by atoms with Gasteiger partial charge in [-0.1, -0.05) is 153 Å². The van der Waals surface area contributed by atoms with Crippen molar-refractivity contribution in [1.29, 1.82) is 0 Å². The molecule has 2 nitrogen and oxygen atoms in total. The molecule has 1 aliphatic carbocycles. The molecule has 1 aliphatic rings. The highest BCUT2D eigenvalue weighted by atomic mass is 32.1. The molecular formula is C55H37NOS. The molecule has 274 valence electrons. The standard InChI is InChI=1S/C55H37NOS/c1-55(2)47-23-7-5-17-42(47)44-21-11-24-48(52(44)55)56(37-30-27-35(28-31-37)41-20-10-22-45-43-18-6-8-26-50(43)58-54(41)45)38-15-9-14-36(33-38)39-19-12-25-49-51(39)46-32-29-34-13-3-4-16-40(34)53(46)57-49/h3-33H,1-2H3. The van der Waals surface area contributed by atoms with Gasteiger partial charge in [-0.05, 0) is 98.4 Å². The van der Waals surface area contributed by atoms with Crippen LogP contribution in [0.2, 0.25) is 0 Å². The van der Waals surface area contributed by atoms with Crippen LogP contribution in [-0.2, 0) is 5.41 Å². The smallest absolute Gasteiger partial charge is 0.143 e. The van der Waals surface area contributed by atoms with Crippen LogP contribution in [0.5, 0.6) is 0 Å². The lowest BCUT2D eigenvalue weighted by molar-refractivity contribution is 0.661. The van der Waals surface area contributed by atoms with Crippen LogP contribution in [0.1, 0.15) is 25.0 Å². The van der Waals surface area contributed by atoms with Gasteiger partial charge in [-0.2, -0.15) is 0 Å². The van der Waals surface area contributed by atoms with E-state index in [9.17, 15) is 0 Å². The zero-order valence-electron chi connectivity index (χ0n) is 32.2. The highest BCUT2D eigenvalue weighted by Gasteiger charge is 2.38. The Morgan fingerprint density at radius 1 is 0.483 bits per heavy atom. The molecule has 0 amide bonds. The van der Waals surface area contributed by atoms with Gasteiger partial charge in [0.2, 0.25) is 0 Å². The van der Waals surface area contributed by atoms with Crippen LogP contribution in [0, 0.1) is 0 Å². The maximum absolute atomic E-state index is 6.63. The number of rotatable bonds is 5. The molecule has 2 aromatic heterocycles. The molecule has 0 spiro atoms. The number of thiophene rings is 1. The van der Waals surface area contributed by atoms with Gasteiger partial charge in [0, 0.05) is 53.1 Å². The minimum atomic E-state index is -0.195. The second-order valence-corrected chi connectivity index (χ2v) is 17.1. The predicted octanol–water partition coefficient (Wildman–Crippen LogP) is 16.2. The van der Waals surface area contributed by atoms with Crippen molar-refractivity contribution >= 4 is 81.3 Å². The number of anilines is 3. The summed E-state index contributed by atoms with van der Waals surface area (Å²) in [5.41, 5.74) is 15.2. The summed E-state index contributed by atoms with van der Waals surface area (Å²) >= 11 is 1.88. The van der Waals surface area contributed by atoms with Gasteiger partial charge >= 0.3 is 0 Å². The molecule has 58 heavy (non-hydrogen) atoms. The van der Waals surface area contributed by atoms with E-state index in [1.165, 1.54) is 64.6 Å². The van der Waals surface area contributed by atoms with Gasteiger partial charge in [0.1, 0.15) is 11.2 Å². The van der Waals surface area contributed by atoms with E-state index in [1.54, 1.807) is 0 Å². The first-order valence-electron chi connectivity index (χ1n) is 20.0. The maximum atomic E-state index is 6.63. The molecule has 0 N–H and O–H groups in total. The van der Waals surface area contributed by atoms with Gasteiger partial charge in [0.05, 0.1) is 5.69 Å². The average molecular weight is 760 g/mol. The van der Waals surface area contributed by atoms with Crippen molar-refractivity contribution in [3.63, 3.8) is 0 Å². The number of furan rings is 1. The number of nitrogens with zero attached hydrogens (tertiary/aromatic N) is 1. The zero-order valence-corrected chi connectivity index (χ0v) is 33.0. The van der Waals surface area contributed by atoms with Crippen LogP contribution >= 0.6 is 11.3 Å². The molecule has 0 radical (unpaired) electrons. The van der Waals surface area contributed by atoms with E-state index < -0.39 is 0 Å². The van der Waals surface area contributed by atoms with Crippen LogP contribution in [0.4, 0.5) is 17.1 Å². The third-order valence-electron chi connectivity index (χ3n) is 12.4. The largest absolute Gasteiger partial charge is 0.455 e. The molecule has 0 fully saturated rings. The topological polar surface area (TPSA) is 16.4 Å². The van der Waals surface area contributed by atoms with Gasteiger partial charge in [-0.3, -0.25) is 0 Å². The van der Waals surface area contributed by atoms with Gasteiger partial charge in [-0.15, -0.1) is 11.3 Å². The van der Waals surface area contributed by atoms with E-state index in [4.69, 9.17) is 4.42 Å². The number of benzene rings is 9. The maximum Gasteiger partial charge on any atom is 0.143 e. The summed E-state index contributed by atoms with van der Waals surface area (Å²) < 4.78 is 9.28. The highest BCUT2D eigenvalue weighted by Crippen LogP contribution is 2.54. The molecule has 2 heterocycles. The summed E-state index contributed by atoms with van der Waals surface area (Å²) in [7, 11) is 0. The molecule has 11 aromatic rings. The second-order valence-electron chi connectivity index (χ2n) is 16.0. The highest BCUT2D eigenvalue weighted by molar-refractivity contribution is 7.26. The van der Waals surface area contributed by atoms with Crippen LogP contribution in [0.25, 0.3) is 86.3 Å². The quantitative estimate of drug-likeness (QED) is 0.174. The fraction of sp³-hybridized carbons (Fsp3) is 0.0545. The van der Waals surface area contributed by atoms with Crippen LogP contribution in [-0.4, -0.2) is 0 Å². The molecular weight excluding hydrogens is 723 g/mol. The summed E-state index contributed by atoms with van der Waals surface area (Å²) in [6.07, 6.45) is 0. The van der Waals surface area contributed by atoms with Crippen molar-refractivity contribution in [1.82, 2.24) is 0 Å². The molecule has 0 atom stereocenters. The molecule has 9 aromatic carbocycles. The Bertz CT molecular complexity index is 3440. The third-order valence-corrected chi connectivity index (χ3v) is 13.7. The van der Waals surface area contributed by atoms with Crippen LogP contribution in [0.15, 0.2) is 192 Å². The van der Waals surface area contributed by atoms with Crippen molar-refractivity contribution in [2.24, 2.45) is 0 Å². The van der Waals surface area contributed by atoms with E-state index in [0.29, 0.717) is 0 Å². The van der Waals surface area contributed by atoms with Gasteiger partial charge in [0.25, 0.3) is 0 Å². The van der Waals surface area contributed by atoms with E-state index in [-0.39, 0.29) is 5.41 Å². The molecule has 0 saturated heterocycles. The summed E-state index contributed by atoms with van der Waals surface area (Å²) in [4.78, 5) is 2.47.